The van der Waals surface area contributed by atoms with E-state index >= 15 is 0 Å². The maximum atomic E-state index is 14.6. The van der Waals surface area contributed by atoms with Gasteiger partial charge in [0.25, 0.3) is 0 Å². The Labute approximate surface area is 196 Å². The normalized spacial score (nSPS) is 17.7. The molecule has 0 radical (unpaired) electrons. The number of aliphatic hydroxyl groups is 2. The Morgan fingerprint density at radius 2 is 1.88 bits per heavy atom. The fourth-order valence-corrected chi connectivity index (χ4v) is 4.27. The third kappa shape index (κ3) is 5.00. The van der Waals surface area contributed by atoms with Crippen molar-refractivity contribution in [2.45, 2.75) is 38.1 Å². The van der Waals surface area contributed by atoms with Crippen molar-refractivity contribution in [2.24, 2.45) is 5.92 Å². The van der Waals surface area contributed by atoms with Crippen molar-refractivity contribution >= 4 is 34.0 Å². The molecule has 7 nitrogen and oxygen atoms in total. The summed E-state index contributed by atoms with van der Waals surface area (Å²) in [7, 11) is 0. The minimum atomic E-state index is -1.66. The lowest BCUT2D eigenvalue weighted by Gasteiger charge is -2.49. The molecule has 0 spiro atoms. The maximum absolute atomic E-state index is 14.6. The van der Waals surface area contributed by atoms with Gasteiger partial charge in [-0.15, -0.1) is 0 Å². The average molecular weight is 565 g/mol. The van der Waals surface area contributed by atoms with Crippen LogP contribution in [0.4, 0.5) is 24.5 Å². The van der Waals surface area contributed by atoms with Crippen molar-refractivity contribution in [3.8, 4) is 0 Å². The number of hydrogen-bond acceptors (Lipinski definition) is 6. The zero-order chi connectivity index (χ0) is 23.8. The zero-order valence-corrected chi connectivity index (χ0v) is 19.5. The fraction of sp³-hybridized carbons (Fsp3) is 0.429. The highest BCUT2D eigenvalue weighted by Gasteiger charge is 2.55. The van der Waals surface area contributed by atoms with Crippen LogP contribution in [-0.2, 0) is 0 Å². The highest BCUT2D eigenvalue weighted by molar-refractivity contribution is 14.1. The van der Waals surface area contributed by atoms with Gasteiger partial charge in [0, 0.05) is 33.6 Å². The van der Waals surface area contributed by atoms with Gasteiger partial charge in [-0.3, -0.25) is 15.0 Å². The van der Waals surface area contributed by atoms with Gasteiger partial charge in [0.1, 0.15) is 12.0 Å². The molecule has 1 aliphatic rings. The van der Waals surface area contributed by atoms with E-state index in [9.17, 15) is 33.5 Å². The van der Waals surface area contributed by atoms with Crippen molar-refractivity contribution in [3.05, 3.63) is 67.0 Å². The summed E-state index contributed by atoms with van der Waals surface area (Å²) in [5.41, 5.74) is -2.33. The Kier molecular flexibility index (Phi) is 7.32. The van der Waals surface area contributed by atoms with E-state index < -0.39 is 45.9 Å². The summed E-state index contributed by atoms with van der Waals surface area (Å²) in [6.45, 7) is 3.13. The number of nitro groups is 1. The van der Waals surface area contributed by atoms with E-state index in [1.54, 1.807) is 19.9 Å². The van der Waals surface area contributed by atoms with Crippen LogP contribution in [0.2, 0.25) is 0 Å². The highest BCUT2D eigenvalue weighted by atomic mass is 127. The SMILES string of the molecule is CC(C)CC([N+](=O)[O-])C1(O)CN(C(O)c2ccc(F)c(F)c2Nc2ccc(I)cc2F)C1. The van der Waals surface area contributed by atoms with Gasteiger partial charge in [-0.05, 0) is 58.8 Å². The number of likely N-dealkylation sites (tertiary alicyclic amines) is 1. The average Bonchev–Trinajstić information content (AvgIpc) is 2.68. The van der Waals surface area contributed by atoms with Crippen LogP contribution in [0.25, 0.3) is 0 Å². The molecule has 3 rings (SSSR count). The van der Waals surface area contributed by atoms with Crippen LogP contribution in [0.5, 0.6) is 0 Å². The summed E-state index contributed by atoms with van der Waals surface area (Å²) in [6.07, 6.45) is -1.36. The smallest absolute Gasteiger partial charge is 0.244 e. The van der Waals surface area contributed by atoms with Crippen LogP contribution in [0.3, 0.4) is 0 Å². The largest absolute Gasteiger partial charge is 0.380 e. The maximum Gasteiger partial charge on any atom is 0.244 e. The van der Waals surface area contributed by atoms with E-state index in [0.717, 1.165) is 12.1 Å². The fourth-order valence-electron chi connectivity index (χ4n) is 3.82. The van der Waals surface area contributed by atoms with E-state index in [4.69, 9.17) is 0 Å². The Balaban J connectivity index is 1.86. The molecule has 1 fully saturated rings. The summed E-state index contributed by atoms with van der Waals surface area (Å²) < 4.78 is 43.4. The van der Waals surface area contributed by atoms with Gasteiger partial charge in [-0.1, -0.05) is 13.8 Å². The quantitative estimate of drug-likeness (QED) is 0.253. The van der Waals surface area contributed by atoms with Gasteiger partial charge >= 0.3 is 0 Å². The van der Waals surface area contributed by atoms with Crippen LogP contribution in [-0.4, -0.2) is 44.8 Å². The lowest BCUT2D eigenvalue weighted by molar-refractivity contribution is -0.554. The van der Waals surface area contributed by atoms with Gasteiger partial charge < -0.3 is 15.5 Å². The molecule has 2 aromatic rings. The Hall–Kier alpha value is -1.96. The van der Waals surface area contributed by atoms with Gasteiger partial charge in [0.15, 0.2) is 17.2 Å². The third-order valence-corrected chi connectivity index (χ3v) is 6.14. The molecule has 11 heteroatoms. The predicted molar refractivity (Wildman–Crippen MR) is 120 cm³/mol. The van der Waals surface area contributed by atoms with Crippen molar-refractivity contribution in [1.29, 1.82) is 0 Å². The number of halogens is 4. The number of aliphatic hydroxyl groups excluding tert-OH is 1. The molecule has 1 aliphatic heterocycles. The first-order chi connectivity index (χ1) is 14.9. The van der Waals surface area contributed by atoms with Crippen molar-refractivity contribution in [2.75, 3.05) is 18.4 Å². The summed E-state index contributed by atoms with van der Waals surface area (Å²) in [6, 6.07) is 4.88. The van der Waals surface area contributed by atoms with E-state index in [-0.39, 0.29) is 36.7 Å². The minimum Gasteiger partial charge on any atom is -0.380 e. The first-order valence-corrected chi connectivity index (χ1v) is 11.0. The van der Waals surface area contributed by atoms with Crippen molar-refractivity contribution in [3.63, 3.8) is 0 Å². The number of hydrogen-bond donors (Lipinski definition) is 3. The second-order valence-electron chi connectivity index (χ2n) is 8.39. The Bertz CT molecular complexity index is 1020. The first kappa shape index (κ1) is 24.7. The van der Waals surface area contributed by atoms with Crippen LogP contribution >= 0.6 is 22.6 Å². The first-order valence-electron chi connectivity index (χ1n) is 9.91. The zero-order valence-electron chi connectivity index (χ0n) is 17.4. The van der Waals surface area contributed by atoms with Gasteiger partial charge in [-0.25, -0.2) is 13.2 Å². The molecular formula is C21H23F3IN3O4. The number of rotatable bonds is 8. The van der Waals surface area contributed by atoms with Crippen LogP contribution in [0.15, 0.2) is 30.3 Å². The van der Waals surface area contributed by atoms with Crippen LogP contribution in [0.1, 0.15) is 32.1 Å². The standard InChI is InChI=1S/C21H23F3IN3O4/c1-11(2)7-17(28(31)32)21(30)9-27(10-21)20(29)13-4-5-14(22)18(24)19(13)26-16-6-3-12(25)8-15(16)23/h3-6,8,11,17,20,26,29-30H,7,9-10H2,1-2H3. The van der Waals surface area contributed by atoms with Crippen molar-refractivity contribution < 1.29 is 28.3 Å². The summed E-state index contributed by atoms with van der Waals surface area (Å²) in [5.74, 6) is -3.22. The molecule has 2 atom stereocenters. The second kappa shape index (κ2) is 9.49. The lowest BCUT2D eigenvalue weighted by atomic mass is 9.81. The van der Waals surface area contributed by atoms with Crippen LogP contribution < -0.4 is 5.32 Å². The topological polar surface area (TPSA) is 98.9 Å². The number of β-amino-alcohol motifs (C(OH)–C–C–N with tert-alkyl or cyclic N) is 1. The number of anilines is 2. The van der Waals surface area contributed by atoms with Gasteiger partial charge in [0.05, 0.1) is 11.4 Å². The molecule has 0 bridgehead atoms. The number of nitrogens with zero attached hydrogens (tertiary/aromatic N) is 2. The van der Waals surface area contributed by atoms with E-state index in [1.807, 2.05) is 22.6 Å². The molecule has 0 aromatic heterocycles. The molecule has 2 aromatic carbocycles. The molecule has 1 saturated heterocycles. The van der Waals surface area contributed by atoms with E-state index in [1.165, 1.54) is 17.0 Å². The molecule has 2 unspecified atom stereocenters. The molecule has 0 saturated carbocycles. The molecule has 3 N–H and O–H groups in total. The van der Waals surface area contributed by atoms with E-state index in [0.29, 0.717) is 3.57 Å². The Morgan fingerprint density at radius 1 is 1.22 bits per heavy atom. The molecule has 0 amide bonds. The van der Waals surface area contributed by atoms with Crippen LogP contribution in [0, 0.1) is 37.1 Å². The summed E-state index contributed by atoms with van der Waals surface area (Å²) in [5, 5.41) is 35.5. The number of benzene rings is 2. The summed E-state index contributed by atoms with van der Waals surface area (Å²) >= 11 is 1.90. The molecule has 32 heavy (non-hydrogen) atoms. The second-order valence-corrected chi connectivity index (χ2v) is 9.63. The Morgan fingerprint density at radius 3 is 2.44 bits per heavy atom. The van der Waals surface area contributed by atoms with E-state index in [2.05, 4.69) is 5.32 Å². The van der Waals surface area contributed by atoms with Crippen molar-refractivity contribution in [1.82, 2.24) is 4.90 Å². The molecular weight excluding hydrogens is 542 g/mol. The molecule has 174 valence electrons. The molecule has 1 heterocycles. The highest BCUT2D eigenvalue weighted by Crippen LogP contribution is 2.39. The third-order valence-electron chi connectivity index (χ3n) is 5.47. The van der Waals surface area contributed by atoms with Gasteiger partial charge in [-0.2, -0.15) is 0 Å². The monoisotopic (exact) mass is 565 g/mol. The predicted octanol–water partition coefficient (Wildman–Crippen LogP) is 4.18. The molecule has 0 aliphatic carbocycles. The van der Waals surface area contributed by atoms with Gasteiger partial charge in [0.2, 0.25) is 6.04 Å². The lowest BCUT2D eigenvalue weighted by Crippen LogP contribution is -2.69. The summed E-state index contributed by atoms with van der Waals surface area (Å²) in [4.78, 5) is 12.2. The number of nitrogens with one attached hydrogen (secondary N) is 1. The minimum absolute atomic E-state index is 0.0285.